The topological polar surface area (TPSA) is 65.1 Å². The maximum atomic E-state index is 13.5. The molecule has 0 amide bonds. The van der Waals surface area contributed by atoms with E-state index in [1.807, 2.05) is 31.2 Å². The number of hydrogen-bond donors (Lipinski definition) is 0. The molecule has 2 aromatic rings. The van der Waals surface area contributed by atoms with Crippen molar-refractivity contribution in [1.82, 2.24) is 0 Å². The quantitative estimate of drug-likeness (QED) is 0.594. The second kappa shape index (κ2) is 5.48. The van der Waals surface area contributed by atoms with Gasteiger partial charge in [0, 0.05) is 11.8 Å². The van der Waals surface area contributed by atoms with Gasteiger partial charge in [-0.3, -0.25) is 4.79 Å². The van der Waals surface area contributed by atoms with Gasteiger partial charge in [0.05, 0.1) is 7.11 Å². The molecule has 7 rings (SSSR count). The SMILES string of the molecule is CCC1OC(=O)C2(C3(C(=O)OC)CC4c5ccccc5C3c3ccccc34)OC12. The molecule has 5 aliphatic rings. The lowest BCUT2D eigenvalue weighted by atomic mass is 9.47. The van der Waals surface area contributed by atoms with Crippen molar-refractivity contribution in [1.29, 1.82) is 0 Å². The van der Waals surface area contributed by atoms with Crippen molar-refractivity contribution in [2.75, 3.05) is 7.11 Å². The number of cyclic esters (lactones) is 1. The first-order chi connectivity index (χ1) is 14.1. The molecular formula is C24H22O5. The summed E-state index contributed by atoms with van der Waals surface area (Å²) in [6.07, 6.45) is 0.449. The Morgan fingerprint density at radius 3 is 2.14 bits per heavy atom. The molecule has 4 unspecified atom stereocenters. The van der Waals surface area contributed by atoms with Crippen molar-refractivity contribution in [3.63, 3.8) is 0 Å². The molecule has 4 atom stereocenters. The van der Waals surface area contributed by atoms with Crippen LogP contribution in [0.5, 0.6) is 0 Å². The second-order valence-electron chi connectivity index (χ2n) is 8.54. The maximum absolute atomic E-state index is 13.5. The number of epoxide rings is 1. The summed E-state index contributed by atoms with van der Waals surface area (Å²) in [5.74, 6) is -1.09. The van der Waals surface area contributed by atoms with Crippen LogP contribution in [0, 0.1) is 5.41 Å². The molecule has 2 aliphatic heterocycles. The van der Waals surface area contributed by atoms with Crippen molar-refractivity contribution in [3.05, 3.63) is 70.8 Å². The fraction of sp³-hybridized carbons (Fsp3) is 0.417. The first-order valence-electron chi connectivity index (χ1n) is 10.2. The van der Waals surface area contributed by atoms with Crippen LogP contribution in [0.4, 0.5) is 0 Å². The summed E-state index contributed by atoms with van der Waals surface area (Å²) in [7, 11) is 1.40. The maximum Gasteiger partial charge on any atom is 0.342 e. The van der Waals surface area contributed by atoms with Crippen LogP contribution in [0.25, 0.3) is 0 Å². The van der Waals surface area contributed by atoms with Gasteiger partial charge < -0.3 is 14.2 Å². The Morgan fingerprint density at radius 1 is 1.07 bits per heavy atom. The van der Waals surface area contributed by atoms with Gasteiger partial charge in [-0.05, 0) is 35.1 Å². The molecule has 0 aromatic heterocycles. The molecule has 0 saturated carbocycles. The number of esters is 2. The number of carbonyl (C=O) groups is 2. The monoisotopic (exact) mass is 390 g/mol. The van der Waals surface area contributed by atoms with Crippen LogP contribution in [-0.2, 0) is 23.8 Å². The molecular weight excluding hydrogens is 368 g/mol. The van der Waals surface area contributed by atoms with E-state index < -0.39 is 23.1 Å². The Balaban J connectivity index is 1.65. The molecule has 2 aromatic carbocycles. The zero-order chi connectivity index (χ0) is 20.0. The molecule has 5 heteroatoms. The molecule has 2 heterocycles. The Kier molecular flexibility index (Phi) is 3.25. The van der Waals surface area contributed by atoms with Crippen LogP contribution in [0.2, 0.25) is 0 Å². The summed E-state index contributed by atoms with van der Waals surface area (Å²) < 4.78 is 17.2. The van der Waals surface area contributed by atoms with Gasteiger partial charge in [0.25, 0.3) is 0 Å². The van der Waals surface area contributed by atoms with Gasteiger partial charge in [-0.1, -0.05) is 55.5 Å². The lowest BCUT2D eigenvalue weighted by Crippen LogP contribution is -2.58. The number of methoxy groups -OCH3 is 1. The zero-order valence-corrected chi connectivity index (χ0v) is 16.4. The van der Waals surface area contributed by atoms with Gasteiger partial charge in [0.15, 0.2) is 0 Å². The third kappa shape index (κ3) is 1.77. The fourth-order valence-corrected chi connectivity index (χ4v) is 6.40. The third-order valence-corrected chi connectivity index (χ3v) is 7.55. The van der Waals surface area contributed by atoms with Crippen molar-refractivity contribution in [2.24, 2.45) is 5.41 Å². The van der Waals surface area contributed by atoms with E-state index in [1.165, 1.54) is 18.2 Å². The average molecular weight is 390 g/mol. The highest BCUT2D eigenvalue weighted by atomic mass is 16.7. The largest absolute Gasteiger partial charge is 0.468 e. The highest BCUT2D eigenvalue weighted by Gasteiger charge is 2.86. The number of benzene rings is 2. The first kappa shape index (κ1) is 17.2. The Morgan fingerprint density at radius 2 is 1.66 bits per heavy atom. The van der Waals surface area contributed by atoms with E-state index in [2.05, 4.69) is 24.3 Å². The first-order valence-corrected chi connectivity index (χ1v) is 10.2. The van der Waals surface area contributed by atoms with Crippen LogP contribution in [0.3, 0.4) is 0 Å². The van der Waals surface area contributed by atoms with Crippen LogP contribution in [-0.4, -0.2) is 36.9 Å². The zero-order valence-electron chi connectivity index (χ0n) is 16.4. The van der Waals surface area contributed by atoms with Crippen molar-refractivity contribution < 1.29 is 23.8 Å². The van der Waals surface area contributed by atoms with Gasteiger partial charge in [0.2, 0.25) is 5.60 Å². The van der Waals surface area contributed by atoms with Crippen molar-refractivity contribution in [3.8, 4) is 0 Å². The molecule has 0 N–H and O–H groups in total. The number of fused-ring (bicyclic) bond motifs is 3. The van der Waals surface area contributed by atoms with Crippen molar-refractivity contribution >= 4 is 11.9 Å². The van der Waals surface area contributed by atoms with E-state index in [0.29, 0.717) is 12.8 Å². The minimum Gasteiger partial charge on any atom is -0.468 e. The van der Waals surface area contributed by atoms with Crippen LogP contribution in [0.1, 0.15) is 53.9 Å². The van der Waals surface area contributed by atoms with Crippen LogP contribution < -0.4 is 0 Å². The minimum absolute atomic E-state index is 0.0131. The summed E-state index contributed by atoms with van der Waals surface area (Å²) in [4.78, 5) is 26.7. The van der Waals surface area contributed by atoms with Gasteiger partial charge in [0.1, 0.15) is 17.6 Å². The molecule has 0 spiro atoms. The van der Waals surface area contributed by atoms with Crippen LogP contribution >= 0.6 is 0 Å². The van der Waals surface area contributed by atoms with Gasteiger partial charge in [-0.25, -0.2) is 4.79 Å². The van der Waals surface area contributed by atoms with E-state index >= 15 is 0 Å². The Hall–Kier alpha value is -2.66. The normalized spacial score (nSPS) is 37.9. The average Bonchev–Trinajstić information content (AvgIpc) is 3.47. The summed E-state index contributed by atoms with van der Waals surface area (Å²) in [6, 6.07) is 16.5. The lowest BCUT2D eigenvalue weighted by molar-refractivity contribution is -0.174. The third-order valence-electron chi connectivity index (χ3n) is 7.55. The molecule has 0 radical (unpaired) electrons. The second-order valence-corrected chi connectivity index (χ2v) is 8.54. The highest BCUT2D eigenvalue weighted by Crippen LogP contribution is 2.72. The van der Waals surface area contributed by atoms with E-state index in [-0.39, 0.29) is 23.9 Å². The number of hydrogen-bond acceptors (Lipinski definition) is 5. The minimum atomic E-state index is -1.26. The number of carbonyl (C=O) groups excluding carboxylic acids is 2. The van der Waals surface area contributed by atoms with E-state index in [9.17, 15) is 9.59 Å². The summed E-state index contributed by atoms with van der Waals surface area (Å²) in [5, 5.41) is 0. The van der Waals surface area contributed by atoms with Gasteiger partial charge >= 0.3 is 11.9 Å². The number of ether oxygens (including phenoxy) is 3. The lowest BCUT2D eigenvalue weighted by Gasteiger charge is -2.52. The molecule has 2 saturated heterocycles. The fourth-order valence-electron chi connectivity index (χ4n) is 6.40. The number of rotatable bonds is 3. The van der Waals surface area contributed by atoms with Gasteiger partial charge in [-0.2, -0.15) is 0 Å². The molecule has 148 valence electrons. The summed E-state index contributed by atoms with van der Waals surface area (Å²) in [5.41, 5.74) is 2.24. The predicted molar refractivity (Wildman–Crippen MR) is 103 cm³/mol. The Bertz CT molecular complexity index is 1010. The summed E-state index contributed by atoms with van der Waals surface area (Å²) in [6.45, 7) is 1.97. The van der Waals surface area contributed by atoms with Crippen molar-refractivity contribution in [2.45, 2.75) is 49.4 Å². The molecule has 29 heavy (non-hydrogen) atoms. The Labute approximate surface area is 169 Å². The van der Waals surface area contributed by atoms with Crippen LogP contribution in [0.15, 0.2) is 48.5 Å². The summed E-state index contributed by atoms with van der Waals surface area (Å²) >= 11 is 0. The highest BCUT2D eigenvalue weighted by molar-refractivity contribution is 5.98. The smallest absolute Gasteiger partial charge is 0.342 e. The van der Waals surface area contributed by atoms with E-state index in [4.69, 9.17) is 14.2 Å². The molecule has 2 fully saturated rings. The molecule has 3 aliphatic carbocycles. The standard InChI is InChI=1S/C24H22O5/c1-3-18-20-24(29-20,22(26)28-18)23(21(25)27-2)12-17-13-8-4-6-10-15(13)19(23)16-11-7-5-9-14(16)17/h4-11,17-20H,3,12H2,1-2H3. The van der Waals surface area contributed by atoms with Gasteiger partial charge in [-0.15, -0.1) is 0 Å². The van der Waals surface area contributed by atoms with E-state index in [1.54, 1.807) is 0 Å². The molecule has 5 nitrogen and oxygen atoms in total. The predicted octanol–water partition coefficient (Wildman–Crippen LogP) is 3.30. The molecule has 2 bridgehead atoms. The van der Waals surface area contributed by atoms with E-state index in [0.717, 1.165) is 11.1 Å².